The van der Waals surface area contributed by atoms with Crippen LogP contribution < -0.4 is 0 Å². The fourth-order valence-corrected chi connectivity index (χ4v) is 2.44. The van der Waals surface area contributed by atoms with E-state index in [4.69, 9.17) is 4.74 Å². The van der Waals surface area contributed by atoms with Gasteiger partial charge < -0.3 is 9.64 Å². The number of rotatable bonds is 14. The van der Waals surface area contributed by atoms with Crippen LogP contribution in [0, 0.1) is 5.92 Å². The Labute approximate surface area is 142 Å². The quantitative estimate of drug-likeness (QED) is 0.271. The van der Waals surface area contributed by atoms with E-state index >= 15 is 0 Å². The van der Waals surface area contributed by atoms with Gasteiger partial charge >= 0.3 is 5.97 Å². The van der Waals surface area contributed by atoms with E-state index in [0.717, 1.165) is 51.4 Å². The molecule has 23 heavy (non-hydrogen) atoms. The third-order valence-electron chi connectivity index (χ3n) is 4.11. The summed E-state index contributed by atoms with van der Waals surface area (Å²) in [7, 11) is 0. The lowest BCUT2D eigenvalue weighted by molar-refractivity contribution is -0.149. The summed E-state index contributed by atoms with van der Waals surface area (Å²) in [6, 6.07) is 0. The highest BCUT2D eigenvalue weighted by Crippen LogP contribution is 2.13. The van der Waals surface area contributed by atoms with E-state index in [1.807, 2.05) is 0 Å². The smallest absolute Gasteiger partial charge is 0.325 e. The van der Waals surface area contributed by atoms with Gasteiger partial charge in [0.25, 0.3) is 0 Å². The van der Waals surface area contributed by atoms with Crippen LogP contribution in [-0.2, 0) is 14.3 Å². The Balaban J connectivity index is 4.24. The summed E-state index contributed by atoms with van der Waals surface area (Å²) in [6.45, 7) is 11.0. The van der Waals surface area contributed by atoms with Crippen molar-refractivity contribution in [2.45, 2.75) is 72.1 Å². The van der Waals surface area contributed by atoms with Crippen LogP contribution in [0.25, 0.3) is 0 Å². The van der Waals surface area contributed by atoms with Gasteiger partial charge in [-0.3, -0.25) is 9.59 Å². The summed E-state index contributed by atoms with van der Waals surface area (Å²) in [5.41, 5.74) is 0. The predicted molar refractivity (Wildman–Crippen MR) is 95.2 cm³/mol. The molecule has 0 aromatic carbocycles. The molecule has 1 amide bonds. The Kier molecular flexibility index (Phi) is 13.5. The number of esters is 1. The molecule has 0 saturated carbocycles. The van der Waals surface area contributed by atoms with E-state index in [1.165, 1.54) is 11.0 Å². The lowest BCUT2D eigenvalue weighted by Gasteiger charge is -2.21. The first-order valence-electron chi connectivity index (χ1n) is 9.15. The van der Waals surface area contributed by atoms with Crippen LogP contribution in [0.4, 0.5) is 0 Å². The molecule has 0 aromatic heterocycles. The Morgan fingerprint density at radius 1 is 1.09 bits per heavy atom. The van der Waals surface area contributed by atoms with Gasteiger partial charge in [-0.25, -0.2) is 0 Å². The van der Waals surface area contributed by atoms with Crippen molar-refractivity contribution in [2.75, 3.05) is 19.7 Å². The third kappa shape index (κ3) is 10.9. The zero-order valence-corrected chi connectivity index (χ0v) is 15.3. The molecule has 0 spiro atoms. The number of hydrogen-bond donors (Lipinski definition) is 0. The minimum absolute atomic E-state index is 0.0290. The summed E-state index contributed by atoms with van der Waals surface area (Å²) >= 11 is 0. The van der Waals surface area contributed by atoms with Crippen molar-refractivity contribution in [3.63, 3.8) is 0 Å². The average Bonchev–Trinajstić information content (AvgIpc) is 2.57. The van der Waals surface area contributed by atoms with Crippen molar-refractivity contribution < 1.29 is 14.3 Å². The normalized spacial score (nSPS) is 11.8. The molecule has 0 saturated heterocycles. The van der Waals surface area contributed by atoms with Crippen molar-refractivity contribution in [3.8, 4) is 0 Å². The molecule has 0 rings (SSSR count). The van der Waals surface area contributed by atoms with Crippen molar-refractivity contribution in [2.24, 2.45) is 5.92 Å². The molecule has 0 aliphatic heterocycles. The number of carbonyl (C=O) groups is 2. The maximum absolute atomic E-state index is 12.0. The van der Waals surface area contributed by atoms with Crippen LogP contribution in [-0.4, -0.2) is 36.5 Å². The molecule has 0 radical (unpaired) electrons. The molecule has 0 aromatic rings. The number of nitrogens with zero attached hydrogens (tertiary/aromatic N) is 1. The zero-order chi connectivity index (χ0) is 17.5. The minimum atomic E-state index is -0.314. The number of amides is 1. The van der Waals surface area contributed by atoms with Crippen LogP contribution in [0.2, 0.25) is 0 Å². The summed E-state index contributed by atoms with van der Waals surface area (Å²) in [4.78, 5) is 25.4. The van der Waals surface area contributed by atoms with Gasteiger partial charge in [-0.1, -0.05) is 65.9 Å². The van der Waals surface area contributed by atoms with Gasteiger partial charge in [-0.2, -0.15) is 0 Å². The predicted octanol–water partition coefficient (Wildman–Crippen LogP) is 4.34. The lowest BCUT2D eigenvalue weighted by atomic mass is 10.0. The molecule has 0 bridgehead atoms. The molecule has 0 N–H and O–H groups in total. The molecule has 134 valence electrons. The van der Waals surface area contributed by atoms with Crippen LogP contribution in [0.3, 0.4) is 0 Å². The Hall–Kier alpha value is -1.32. The van der Waals surface area contributed by atoms with E-state index in [1.54, 1.807) is 0 Å². The molecule has 0 heterocycles. The third-order valence-corrected chi connectivity index (χ3v) is 4.11. The zero-order valence-electron chi connectivity index (χ0n) is 15.3. The van der Waals surface area contributed by atoms with E-state index < -0.39 is 0 Å². The molecule has 4 heteroatoms. The number of carbonyl (C=O) groups excluding carboxylic acids is 2. The van der Waals surface area contributed by atoms with Gasteiger partial charge in [0.15, 0.2) is 0 Å². The van der Waals surface area contributed by atoms with Crippen molar-refractivity contribution in [3.05, 3.63) is 12.7 Å². The Bertz CT molecular complexity index is 342. The van der Waals surface area contributed by atoms with E-state index in [-0.39, 0.29) is 18.4 Å². The van der Waals surface area contributed by atoms with Gasteiger partial charge in [0.1, 0.15) is 6.54 Å². The standard InChI is InChI=1S/C19H35NO3/c1-5-9-11-12-14-20(18(21)8-4)15-19(22)23-16-17(7-3)13-10-6-2/h8,17H,4-7,9-16H2,1-3H3. The summed E-state index contributed by atoms with van der Waals surface area (Å²) in [5, 5.41) is 0. The van der Waals surface area contributed by atoms with Crippen LogP contribution in [0.1, 0.15) is 72.1 Å². The van der Waals surface area contributed by atoms with Gasteiger partial charge in [-0.05, 0) is 24.8 Å². The summed E-state index contributed by atoms with van der Waals surface area (Å²) in [6.07, 6.45) is 9.97. The maximum Gasteiger partial charge on any atom is 0.325 e. The van der Waals surface area contributed by atoms with E-state index in [2.05, 4.69) is 27.4 Å². The average molecular weight is 325 g/mol. The molecular weight excluding hydrogens is 290 g/mol. The Morgan fingerprint density at radius 2 is 1.78 bits per heavy atom. The highest BCUT2D eigenvalue weighted by Gasteiger charge is 2.16. The monoisotopic (exact) mass is 325 g/mol. The topological polar surface area (TPSA) is 46.6 Å². The van der Waals surface area contributed by atoms with Gasteiger partial charge in [0.2, 0.25) is 5.91 Å². The highest BCUT2D eigenvalue weighted by atomic mass is 16.5. The minimum Gasteiger partial charge on any atom is -0.464 e. The lowest BCUT2D eigenvalue weighted by Crippen LogP contribution is -2.36. The summed E-state index contributed by atoms with van der Waals surface area (Å²) < 4.78 is 5.38. The van der Waals surface area contributed by atoms with Crippen LogP contribution in [0.15, 0.2) is 12.7 Å². The highest BCUT2D eigenvalue weighted by molar-refractivity contribution is 5.89. The van der Waals surface area contributed by atoms with Crippen molar-refractivity contribution in [1.82, 2.24) is 4.90 Å². The molecule has 1 unspecified atom stereocenters. The first kappa shape index (κ1) is 21.7. The molecule has 0 fully saturated rings. The van der Waals surface area contributed by atoms with E-state index in [9.17, 15) is 9.59 Å². The van der Waals surface area contributed by atoms with E-state index in [0.29, 0.717) is 19.1 Å². The molecule has 1 atom stereocenters. The first-order valence-corrected chi connectivity index (χ1v) is 9.15. The fourth-order valence-electron chi connectivity index (χ4n) is 2.44. The van der Waals surface area contributed by atoms with Crippen molar-refractivity contribution in [1.29, 1.82) is 0 Å². The molecular formula is C19H35NO3. The maximum atomic E-state index is 12.0. The van der Waals surface area contributed by atoms with Crippen molar-refractivity contribution >= 4 is 11.9 Å². The second kappa shape index (κ2) is 14.3. The van der Waals surface area contributed by atoms with Gasteiger partial charge in [0.05, 0.1) is 6.61 Å². The summed E-state index contributed by atoms with van der Waals surface area (Å²) in [5.74, 6) is -0.0888. The second-order valence-electron chi connectivity index (χ2n) is 6.12. The largest absolute Gasteiger partial charge is 0.464 e. The van der Waals surface area contributed by atoms with Crippen LogP contribution >= 0.6 is 0 Å². The first-order chi connectivity index (χ1) is 11.1. The van der Waals surface area contributed by atoms with Gasteiger partial charge in [-0.15, -0.1) is 0 Å². The Morgan fingerprint density at radius 3 is 2.35 bits per heavy atom. The number of ether oxygens (including phenoxy) is 1. The molecule has 0 aliphatic rings. The second-order valence-corrected chi connectivity index (χ2v) is 6.12. The van der Waals surface area contributed by atoms with Crippen LogP contribution in [0.5, 0.6) is 0 Å². The van der Waals surface area contributed by atoms with Gasteiger partial charge in [0, 0.05) is 6.54 Å². The molecule has 4 nitrogen and oxygen atoms in total. The molecule has 0 aliphatic carbocycles. The SMILES string of the molecule is C=CC(=O)N(CCCCCC)CC(=O)OCC(CC)CCCC. The fraction of sp³-hybridized carbons (Fsp3) is 0.789. The number of hydrogen-bond acceptors (Lipinski definition) is 3. The number of unbranched alkanes of at least 4 members (excludes halogenated alkanes) is 4.